The van der Waals surface area contributed by atoms with Crippen molar-refractivity contribution in [1.82, 2.24) is 4.98 Å². The highest BCUT2D eigenvalue weighted by Crippen LogP contribution is 2.26. The van der Waals surface area contributed by atoms with Crippen LogP contribution in [0.4, 0.5) is 11.4 Å². The van der Waals surface area contributed by atoms with Crippen molar-refractivity contribution in [2.75, 3.05) is 5.32 Å². The summed E-state index contributed by atoms with van der Waals surface area (Å²) < 4.78 is 0. The average molecular weight is 210 g/mol. The smallest absolute Gasteiger partial charge is 0.0415 e. The van der Waals surface area contributed by atoms with Crippen molar-refractivity contribution < 1.29 is 0 Å². The predicted octanol–water partition coefficient (Wildman–Crippen LogP) is 3.31. The first-order valence-corrected chi connectivity index (χ1v) is 5.71. The summed E-state index contributed by atoms with van der Waals surface area (Å²) in [6, 6.07) is 10.6. The monoisotopic (exact) mass is 210 g/mol. The first-order valence-electron chi connectivity index (χ1n) is 5.71. The maximum absolute atomic E-state index is 4.00. The number of hydrogen-bond acceptors (Lipinski definition) is 2. The first kappa shape index (κ1) is 9.40. The zero-order chi connectivity index (χ0) is 10.8. The van der Waals surface area contributed by atoms with Gasteiger partial charge in [0.05, 0.1) is 0 Å². The van der Waals surface area contributed by atoms with Gasteiger partial charge in [-0.25, -0.2) is 0 Å². The molecule has 0 fully saturated rings. The highest BCUT2D eigenvalue weighted by Gasteiger charge is 2.10. The number of aryl methyl sites for hydroxylation is 2. The minimum absolute atomic E-state index is 1.09. The fourth-order valence-electron chi connectivity index (χ4n) is 2.25. The van der Waals surface area contributed by atoms with Gasteiger partial charge in [0, 0.05) is 23.8 Å². The second kappa shape index (κ2) is 3.97. The maximum atomic E-state index is 4.00. The van der Waals surface area contributed by atoms with Crippen molar-refractivity contribution >= 4 is 11.4 Å². The van der Waals surface area contributed by atoms with E-state index in [1.807, 2.05) is 12.1 Å². The van der Waals surface area contributed by atoms with E-state index in [0.29, 0.717) is 0 Å². The van der Waals surface area contributed by atoms with Gasteiger partial charge in [-0.3, -0.25) is 4.98 Å². The quantitative estimate of drug-likeness (QED) is 0.822. The molecule has 3 rings (SSSR count). The Hall–Kier alpha value is -1.83. The summed E-state index contributed by atoms with van der Waals surface area (Å²) in [6.45, 7) is 0. The van der Waals surface area contributed by atoms with Crippen molar-refractivity contribution in [3.8, 4) is 0 Å². The van der Waals surface area contributed by atoms with Crippen LogP contribution in [0.3, 0.4) is 0 Å². The number of rotatable bonds is 2. The molecule has 1 aliphatic rings. The summed E-state index contributed by atoms with van der Waals surface area (Å²) >= 11 is 0. The molecule has 0 unspecified atom stereocenters. The third kappa shape index (κ3) is 1.78. The zero-order valence-corrected chi connectivity index (χ0v) is 9.11. The highest BCUT2D eigenvalue weighted by atomic mass is 14.9. The average Bonchev–Trinajstić information content (AvgIpc) is 2.77. The van der Waals surface area contributed by atoms with E-state index in [-0.39, 0.29) is 0 Å². The normalized spacial score (nSPS) is 13.5. The molecule has 0 aliphatic heterocycles. The SMILES string of the molecule is c1cc(Nc2ccc3c(c2)CCC3)ccn1. The van der Waals surface area contributed by atoms with Crippen molar-refractivity contribution in [3.63, 3.8) is 0 Å². The second-order valence-electron chi connectivity index (χ2n) is 4.20. The van der Waals surface area contributed by atoms with Crippen LogP contribution in [0.1, 0.15) is 17.5 Å². The Kier molecular flexibility index (Phi) is 2.33. The molecule has 2 aromatic rings. The van der Waals surface area contributed by atoms with Crippen LogP contribution in [-0.4, -0.2) is 4.98 Å². The van der Waals surface area contributed by atoms with E-state index in [1.54, 1.807) is 12.4 Å². The summed E-state index contributed by atoms with van der Waals surface area (Å²) in [4.78, 5) is 4.00. The molecule has 1 aromatic heterocycles. The van der Waals surface area contributed by atoms with Gasteiger partial charge in [0.2, 0.25) is 0 Å². The number of hydrogen-bond donors (Lipinski definition) is 1. The molecule has 1 heterocycles. The third-order valence-electron chi connectivity index (χ3n) is 3.07. The number of anilines is 2. The van der Waals surface area contributed by atoms with Gasteiger partial charge in [0.25, 0.3) is 0 Å². The standard InChI is InChI=1S/C14H14N2/c1-2-11-4-5-14(10-12(11)3-1)16-13-6-8-15-9-7-13/h4-10H,1-3H2,(H,15,16). The van der Waals surface area contributed by atoms with Crippen LogP contribution in [0, 0.1) is 0 Å². The van der Waals surface area contributed by atoms with Gasteiger partial charge in [-0.2, -0.15) is 0 Å². The van der Waals surface area contributed by atoms with Gasteiger partial charge in [-0.05, 0) is 54.7 Å². The Morgan fingerprint density at radius 2 is 1.69 bits per heavy atom. The molecular formula is C14H14N2. The van der Waals surface area contributed by atoms with E-state index in [9.17, 15) is 0 Å². The Morgan fingerprint density at radius 1 is 0.875 bits per heavy atom. The van der Waals surface area contributed by atoms with Gasteiger partial charge < -0.3 is 5.32 Å². The molecule has 0 saturated heterocycles. The Bertz CT molecular complexity index is 491. The number of pyridine rings is 1. The molecule has 0 radical (unpaired) electrons. The number of benzene rings is 1. The summed E-state index contributed by atoms with van der Waals surface area (Å²) in [5, 5.41) is 3.39. The molecule has 2 nitrogen and oxygen atoms in total. The Labute approximate surface area is 95.3 Å². The minimum Gasteiger partial charge on any atom is -0.355 e. The molecule has 0 atom stereocenters. The van der Waals surface area contributed by atoms with Crippen molar-refractivity contribution in [1.29, 1.82) is 0 Å². The Morgan fingerprint density at radius 3 is 2.56 bits per heavy atom. The van der Waals surface area contributed by atoms with E-state index in [0.717, 1.165) is 5.69 Å². The van der Waals surface area contributed by atoms with E-state index in [4.69, 9.17) is 0 Å². The molecule has 1 aliphatic carbocycles. The third-order valence-corrected chi connectivity index (χ3v) is 3.07. The lowest BCUT2D eigenvalue weighted by atomic mass is 10.1. The van der Waals surface area contributed by atoms with Crippen LogP contribution in [-0.2, 0) is 12.8 Å². The maximum Gasteiger partial charge on any atom is 0.0415 e. The van der Waals surface area contributed by atoms with Crippen LogP contribution in [0.25, 0.3) is 0 Å². The number of nitrogens with one attached hydrogen (secondary N) is 1. The van der Waals surface area contributed by atoms with Crippen LogP contribution >= 0.6 is 0 Å². The van der Waals surface area contributed by atoms with Gasteiger partial charge in [0.15, 0.2) is 0 Å². The molecule has 16 heavy (non-hydrogen) atoms. The van der Waals surface area contributed by atoms with Crippen molar-refractivity contribution in [2.24, 2.45) is 0 Å². The van der Waals surface area contributed by atoms with Crippen LogP contribution < -0.4 is 5.32 Å². The van der Waals surface area contributed by atoms with Crippen molar-refractivity contribution in [3.05, 3.63) is 53.9 Å². The Balaban J connectivity index is 1.86. The topological polar surface area (TPSA) is 24.9 Å². The molecular weight excluding hydrogens is 196 g/mol. The molecule has 0 amide bonds. The second-order valence-corrected chi connectivity index (χ2v) is 4.20. The molecule has 1 N–H and O–H groups in total. The molecule has 80 valence electrons. The fraction of sp³-hybridized carbons (Fsp3) is 0.214. The van der Waals surface area contributed by atoms with E-state index in [1.165, 1.54) is 36.1 Å². The fourth-order valence-corrected chi connectivity index (χ4v) is 2.25. The largest absolute Gasteiger partial charge is 0.355 e. The van der Waals surface area contributed by atoms with Gasteiger partial charge >= 0.3 is 0 Å². The van der Waals surface area contributed by atoms with E-state index in [2.05, 4.69) is 28.5 Å². The molecule has 2 heteroatoms. The summed E-state index contributed by atoms with van der Waals surface area (Å²) in [5.41, 5.74) is 5.28. The lowest BCUT2D eigenvalue weighted by molar-refractivity contribution is 0.912. The van der Waals surface area contributed by atoms with E-state index < -0.39 is 0 Å². The molecule has 0 saturated carbocycles. The minimum atomic E-state index is 1.09. The molecule has 1 aromatic carbocycles. The summed E-state index contributed by atoms with van der Waals surface area (Å²) in [6.07, 6.45) is 7.37. The lowest BCUT2D eigenvalue weighted by Crippen LogP contribution is -1.92. The number of nitrogens with zero attached hydrogens (tertiary/aromatic N) is 1. The van der Waals surface area contributed by atoms with Gasteiger partial charge in [-0.1, -0.05) is 6.07 Å². The number of fused-ring (bicyclic) bond motifs is 1. The van der Waals surface area contributed by atoms with E-state index >= 15 is 0 Å². The van der Waals surface area contributed by atoms with Gasteiger partial charge in [0.1, 0.15) is 0 Å². The van der Waals surface area contributed by atoms with Crippen LogP contribution in [0.2, 0.25) is 0 Å². The summed E-state index contributed by atoms with van der Waals surface area (Å²) in [7, 11) is 0. The van der Waals surface area contributed by atoms with Crippen molar-refractivity contribution in [2.45, 2.75) is 19.3 Å². The highest BCUT2D eigenvalue weighted by molar-refractivity contribution is 5.60. The predicted molar refractivity (Wildman–Crippen MR) is 66.0 cm³/mol. The lowest BCUT2D eigenvalue weighted by Gasteiger charge is -2.07. The number of aromatic nitrogens is 1. The zero-order valence-electron chi connectivity index (χ0n) is 9.11. The van der Waals surface area contributed by atoms with Gasteiger partial charge in [-0.15, -0.1) is 0 Å². The van der Waals surface area contributed by atoms with Crippen LogP contribution in [0.15, 0.2) is 42.7 Å². The summed E-state index contributed by atoms with van der Waals surface area (Å²) in [5.74, 6) is 0. The molecule has 0 spiro atoms. The molecule has 0 bridgehead atoms. The van der Waals surface area contributed by atoms with Crippen LogP contribution in [0.5, 0.6) is 0 Å². The first-order chi connectivity index (χ1) is 7.92.